The summed E-state index contributed by atoms with van der Waals surface area (Å²) in [6.07, 6.45) is 0. The lowest BCUT2D eigenvalue weighted by Crippen LogP contribution is -2.47. The number of piperazine rings is 1. The van der Waals surface area contributed by atoms with Crippen molar-refractivity contribution in [1.29, 1.82) is 5.26 Å². The number of aryl methyl sites for hydroxylation is 2. The van der Waals surface area contributed by atoms with Gasteiger partial charge in [0.15, 0.2) is 5.82 Å². The Morgan fingerprint density at radius 2 is 1.64 bits per heavy atom. The van der Waals surface area contributed by atoms with Crippen LogP contribution in [-0.2, 0) is 0 Å². The van der Waals surface area contributed by atoms with Crippen LogP contribution >= 0.6 is 0 Å². The molecule has 2 heterocycles. The topological polar surface area (TPSA) is 61.0 Å². The van der Waals surface area contributed by atoms with Crippen molar-refractivity contribution in [2.24, 2.45) is 0 Å². The molecule has 0 spiro atoms. The normalized spacial score (nSPS) is 14.2. The van der Waals surface area contributed by atoms with Crippen molar-refractivity contribution in [1.82, 2.24) is 15.0 Å². The van der Waals surface area contributed by atoms with Crippen LogP contribution in [0.25, 0.3) is 5.69 Å². The van der Waals surface area contributed by atoms with Crippen molar-refractivity contribution in [3.05, 3.63) is 65.1 Å². The van der Waals surface area contributed by atoms with Gasteiger partial charge in [0.1, 0.15) is 11.9 Å². The van der Waals surface area contributed by atoms with Crippen LogP contribution in [0.4, 0.5) is 15.9 Å². The van der Waals surface area contributed by atoms with E-state index in [1.807, 2.05) is 47.9 Å². The van der Waals surface area contributed by atoms with E-state index in [1.165, 1.54) is 6.07 Å². The van der Waals surface area contributed by atoms with Gasteiger partial charge in [-0.05, 0) is 43.2 Å². The zero-order valence-corrected chi connectivity index (χ0v) is 15.9. The van der Waals surface area contributed by atoms with Gasteiger partial charge < -0.3 is 9.80 Å². The van der Waals surface area contributed by atoms with Gasteiger partial charge in [-0.2, -0.15) is 5.26 Å². The maximum atomic E-state index is 14.1. The average Bonchev–Trinajstić information content (AvgIpc) is 3.14. The maximum Gasteiger partial charge on any atom is 0.207 e. The van der Waals surface area contributed by atoms with Crippen LogP contribution in [0.3, 0.4) is 0 Å². The number of hydrogen-bond acceptors (Lipinski definition) is 5. The van der Waals surface area contributed by atoms with Crippen molar-refractivity contribution in [3.8, 4) is 11.8 Å². The molecule has 6 nitrogen and oxygen atoms in total. The van der Waals surface area contributed by atoms with Crippen LogP contribution in [0.2, 0.25) is 0 Å². The second-order valence-corrected chi connectivity index (χ2v) is 6.99. The number of anilines is 2. The van der Waals surface area contributed by atoms with E-state index in [0.717, 1.165) is 16.8 Å². The van der Waals surface area contributed by atoms with Gasteiger partial charge in [0.25, 0.3) is 0 Å². The predicted octanol–water partition coefficient (Wildman–Crippen LogP) is 3.22. The molecule has 142 valence electrons. The summed E-state index contributed by atoms with van der Waals surface area (Å²) in [5, 5.41) is 18.6. The van der Waals surface area contributed by atoms with Crippen molar-refractivity contribution in [2.45, 2.75) is 13.8 Å². The molecule has 0 N–H and O–H groups in total. The third kappa shape index (κ3) is 3.29. The minimum Gasteiger partial charge on any atom is -0.366 e. The van der Waals surface area contributed by atoms with E-state index >= 15 is 0 Å². The average molecular weight is 376 g/mol. The van der Waals surface area contributed by atoms with E-state index in [0.29, 0.717) is 43.4 Å². The molecule has 0 bridgehead atoms. The molecule has 0 saturated carbocycles. The molecular formula is C21H21FN6. The number of aromatic nitrogens is 3. The third-order valence-electron chi connectivity index (χ3n) is 5.05. The van der Waals surface area contributed by atoms with E-state index in [1.54, 1.807) is 16.9 Å². The number of rotatable bonds is 3. The summed E-state index contributed by atoms with van der Waals surface area (Å²) in [7, 11) is 0. The maximum absolute atomic E-state index is 14.1. The molecule has 0 unspecified atom stereocenters. The fraction of sp³-hybridized carbons (Fsp3) is 0.286. The number of nitriles is 1. The van der Waals surface area contributed by atoms with Gasteiger partial charge in [-0.15, -0.1) is 15.0 Å². The minimum atomic E-state index is -0.213. The first-order valence-electron chi connectivity index (χ1n) is 9.26. The minimum absolute atomic E-state index is 0.213. The first kappa shape index (κ1) is 18.0. The lowest BCUT2D eigenvalue weighted by atomic mass is 10.1. The Morgan fingerprint density at radius 3 is 2.36 bits per heavy atom. The molecule has 0 atom stereocenters. The summed E-state index contributed by atoms with van der Waals surface area (Å²) in [6.45, 7) is 6.62. The molecule has 1 fully saturated rings. The van der Waals surface area contributed by atoms with Crippen molar-refractivity contribution in [3.63, 3.8) is 0 Å². The Hall–Kier alpha value is -3.40. The van der Waals surface area contributed by atoms with Crippen LogP contribution in [0.1, 0.15) is 16.8 Å². The first-order valence-corrected chi connectivity index (χ1v) is 9.26. The zero-order chi connectivity index (χ0) is 19.7. The summed E-state index contributed by atoms with van der Waals surface area (Å²) in [5.41, 5.74) is 3.94. The molecule has 7 heteroatoms. The third-order valence-corrected chi connectivity index (χ3v) is 5.05. The first-order chi connectivity index (χ1) is 13.6. The highest BCUT2D eigenvalue weighted by atomic mass is 19.1. The summed E-state index contributed by atoms with van der Waals surface area (Å²) >= 11 is 0. The molecule has 0 amide bonds. The van der Waals surface area contributed by atoms with E-state index in [-0.39, 0.29) is 5.82 Å². The van der Waals surface area contributed by atoms with Crippen molar-refractivity contribution < 1.29 is 4.39 Å². The predicted molar refractivity (Wildman–Crippen MR) is 106 cm³/mol. The number of hydrogen-bond donors (Lipinski definition) is 0. The van der Waals surface area contributed by atoms with Gasteiger partial charge >= 0.3 is 0 Å². The van der Waals surface area contributed by atoms with Crippen LogP contribution in [0.15, 0.2) is 42.5 Å². The standard InChI is InChI=1S/C21H21FN6/c1-15-7-8-16(2)20(13-15)28-24-18(14-23)21(25-28)27-11-9-26(10-12-27)19-6-4-3-5-17(19)22/h3-8,13H,9-12H2,1-2H3. The molecule has 1 saturated heterocycles. The van der Waals surface area contributed by atoms with E-state index in [9.17, 15) is 9.65 Å². The Labute approximate surface area is 163 Å². The molecule has 3 aromatic rings. The van der Waals surface area contributed by atoms with Crippen LogP contribution < -0.4 is 9.80 Å². The molecule has 0 aliphatic carbocycles. The highest BCUT2D eigenvalue weighted by molar-refractivity contribution is 5.54. The lowest BCUT2D eigenvalue weighted by molar-refractivity contribution is 0.595. The monoisotopic (exact) mass is 376 g/mol. The number of benzene rings is 2. The fourth-order valence-electron chi connectivity index (χ4n) is 3.49. The Morgan fingerprint density at radius 1 is 0.929 bits per heavy atom. The number of halogens is 1. The molecule has 28 heavy (non-hydrogen) atoms. The number of nitrogens with zero attached hydrogens (tertiary/aromatic N) is 6. The van der Waals surface area contributed by atoms with Gasteiger partial charge in [-0.25, -0.2) is 4.39 Å². The summed E-state index contributed by atoms with van der Waals surface area (Å²) in [6, 6.07) is 15.0. The van der Waals surface area contributed by atoms with Gasteiger partial charge in [0.05, 0.1) is 11.4 Å². The summed E-state index contributed by atoms with van der Waals surface area (Å²) in [4.78, 5) is 5.61. The molecule has 1 aromatic heterocycles. The molecule has 1 aliphatic heterocycles. The highest BCUT2D eigenvalue weighted by Crippen LogP contribution is 2.24. The summed E-state index contributed by atoms with van der Waals surface area (Å²) < 4.78 is 14.1. The van der Waals surface area contributed by atoms with Crippen LogP contribution in [0, 0.1) is 31.0 Å². The molecule has 2 aromatic carbocycles. The molecule has 1 aliphatic rings. The van der Waals surface area contributed by atoms with Crippen LogP contribution in [-0.4, -0.2) is 41.2 Å². The lowest BCUT2D eigenvalue weighted by Gasteiger charge is -2.36. The van der Waals surface area contributed by atoms with Crippen LogP contribution in [0.5, 0.6) is 0 Å². The molecular weight excluding hydrogens is 355 g/mol. The molecule has 0 radical (unpaired) electrons. The largest absolute Gasteiger partial charge is 0.366 e. The molecule has 4 rings (SSSR count). The van der Waals surface area contributed by atoms with Crippen molar-refractivity contribution >= 4 is 11.5 Å². The van der Waals surface area contributed by atoms with Gasteiger partial charge in [-0.1, -0.05) is 24.3 Å². The summed E-state index contributed by atoms with van der Waals surface area (Å²) in [5.74, 6) is 0.367. The Kier molecular flexibility index (Phi) is 4.70. The van der Waals surface area contributed by atoms with E-state index < -0.39 is 0 Å². The smallest absolute Gasteiger partial charge is 0.207 e. The van der Waals surface area contributed by atoms with Gasteiger partial charge in [-0.3, -0.25) is 0 Å². The second kappa shape index (κ2) is 7.31. The Balaban J connectivity index is 1.57. The fourth-order valence-corrected chi connectivity index (χ4v) is 3.49. The van der Waals surface area contributed by atoms with Crippen molar-refractivity contribution in [2.75, 3.05) is 36.0 Å². The SMILES string of the molecule is Cc1ccc(C)c(-n2nc(C#N)c(N3CCN(c4ccccc4F)CC3)n2)c1. The van der Waals surface area contributed by atoms with Gasteiger partial charge in [0, 0.05) is 26.2 Å². The highest BCUT2D eigenvalue weighted by Gasteiger charge is 2.24. The van der Waals surface area contributed by atoms with Gasteiger partial charge in [0.2, 0.25) is 5.69 Å². The Bertz CT molecular complexity index is 1040. The van der Waals surface area contributed by atoms with E-state index in [2.05, 4.69) is 16.3 Å². The zero-order valence-electron chi connectivity index (χ0n) is 15.9. The quantitative estimate of drug-likeness (QED) is 0.702. The van der Waals surface area contributed by atoms with E-state index in [4.69, 9.17) is 0 Å². The number of para-hydroxylation sites is 1. The second-order valence-electron chi connectivity index (χ2n) is 6.99.